The lowest BCUT2D eigenvalue weighted by Crippen LogP contribution is -2.18. The van der Waals surface area contributed by atoms with Crippen molar-refractivity contribution in [3.8, 4) is 0 Å². The van der Waals surface area contributed by atoms with Crippen LogP contribution in [0.4, 0.5) is 5.69 Å². The summed E-state index contributed by atoms with van der Waals surface area (Å²) in [6.07, 6.45) is 4.41. The van der Waals surface area contributed by atoms with E-state index in [1.807, 2.05) is 0 Å². The van der Waals surface area contributed by atoms with E-state index in [1.165, 1.54) is 41.7 Å². The van der Waals surface area contributed by atoms with Crippen molar-refractivity contribution in [2.24, 2.45) is 0 Å². The summed E-state index contributed by atoms with van der Waals surface area (Å²) in [5, 5.41) is 8.80. The predicted octanol–water partition coefficient (Wildman–Crippen LogP) is 2.97. The molecule has 0 aliphatic carbocycles. The third-order valence-corrected chi connectivity index (χ3v) is 3.72. The number of aliphatic hydroxyl groups excluding tert-OH is 1. The summed E-state index contributed by atoms with van der Waals surface area (Å²) in [6, 6.07) is 6.56. The van der Waals surface area contributed by atoms with Crippen LogP contribution in [0.1, 0.15) is 24.8 Å². The van der Waals surface area contributed by atoms with E-state index < -0.39 is 0 Å². The van der Waals surface area contributed by atoms with E-state index >= 15 is 0 Å². The van der Waals surface area contributed by atoms with Gasteiger partial charge in [-0.25, -0.2) is 0 Å². The first-order valence-electron chi connectivity index (χ1n) is 5.95. The number of hydrogen-bond donors (Lipinski definition) is 1. The molecule has 1 fully saturated rings. The van der Waals surface area contributed by atoms with Gasteiger partial charge in [0.1, 0.15) is 0 Å². The number of benzene rings is 1. The summed E-state index contributed by atoms with van der Waals surface area (Å²) < 4.78 is 1.19. The summed E-state index contributed by atoms with van der Waals surface area (Å²) in [7, 11) is 0. The molecule has 1 aromatic carbocycles. The third kappa shape index (κ3) is 2.77. The molecule has 0 spiro atoms. The largest absolute Gasteiger partial charge is 0.396 e. The predicted molar refractivity (Wildman–Crippen MR) is 71.0 cm³/mol. The van der Waals surface area contributed by atoms with Gasteiger partial charge in [-0.3, -0.25) is 0 Å². The Balaban J connectivity index is 2.09. The van der Waals surface area contributed by atoms with Crippen LogP contribution >= 0.6 is 15.9 Å². The van der Waals surface area contributed by atoms with Crippen molar-refractivity contribution < 1.29 is 5.11 Å². The summed E-state index contributed by atoms with van der Waals surface area (Å²) >= 11 is 3.64. The number of anilines is 1. The maximum atomic E-state index is 8.80. The number of rotatable bonds is 4. The van der Waals surface area contributed by atoms with Crippen LogP contribution in [0.3, 0.4) is 0 Å². The molecule has 2 nitrogen and oxygen atoms in total. The quantitative estimate of drug-likeness (QED) is 0.918. The van der Waals surface area contributed by atoms with Gasteiger partial charge in [-0.15, -0.1) is 0 Å². The van der Waals surface area contributed by atoms with E-state index in [-0.39, 0.29) is 6.61 Å². The van der Waals surface area contributed by atoms with E-state index in [9.17, 15) is 0 Å². The molecule has 1 aliphatic heterocycles. The maximum Gasteiger partial charge on any atom is 0.0510 e. The molecule has 0 radical (unpaired) electrons. The van der Waals surface area contributed by atoms with Crippen molar-refractivity contribution in [2.45, 2.75) is 25.7 Å². The molecule has 0 atom stereocenters. The number of nitrogens with zero attached hydrogens (tertiary/aromatic N) is 1. The molecule has 3 heteroatoms. The Hall–Kier alpha value is -0.540. The third-order valence-electron chi connectivity index (χ3n) is 3.08. The molecular weight excluding hydrogens is 266 g/mol. The average molecular weight is 284 g/mol. The van der Waals surface area contributed by atoms with Crippen molar-refractivity contribution >= 4 is 21.6 Å². The Labute approximate surface area is 105 Å². The lowest BCUT2D eigenvalue weighted by molar-refractivity contribution is 0.288. The van der Waals surface area contributed by atoms with Crippen LogP contribution in [-0.2, 0) is 6.42 Å². The number of hydrogen-bond acceptors (Lipinski definition) is 2. The molecule has 0 bridgehead atoms. The fourth-order valence-electron chi connectivity index (χ4n) is 2.20. The number of halogens is 1. The van der Waals surface area contributed by atoms with Crippen LogP contribution in [0.15, 0.2) is 22.7 Å². The van der Waals surface area contributed by atoms with Crippen LogP contribution in [0, 0.1) is 0 Å². The molecule has 0 amide bonds. The number of aryl methyl sites for hydroxylation is 1. The Morgan fingerprint density at radius 2 is 2.00 bits per heavy atom. The van der Waals surface area contributed by atoms with Gasteiger partial charge in [0.2, 0.25) is 0 Å². The molecule has 1 aliphatic rings. The molecule has 0 saturated carbocycles. The maximum absolute atomic E-state index is 8.80. The molecule has 1 saturated heterocycles. The van der Waals surface area contributed by atoms with E-state index in [0.717, 1.165) is 12.8 Å². The summed E-state index contributed by atoms with van der Waals surface area (Å²) in [5.41, 5.74) is 2.61. The van der Waals surface area contributed by atoms with Gasteiger partial charge in [-0.05, 0) is 59.3 Å². The Bertz CT molecular complexity index is 348. The van der Waals surface area contributed by atoms with Crippen LogP contribution in [0.25, 0.3) is 0 Å². The molecule has 88 valence electrons. The Morgan fingerprint density at radius 3 is 2.62 bits per heavy atom. The smallest absolute Gasteiger partial charge is 0.0510 e. The highest BCUT2D eigenvalue weighted by molar-refractivity contribution is 9.10. The molecule has 0 aromatic heterocycles. The van der Waals surface area contributed by atoms with Gasteiger partial charge >= 0.3 is 0 Å². The Kier molecular flexibility index (Phi) is 4.24. The van der Waals surface area contributed by atoms with Crippen LogP contribution in [0.5, 0.6) is 0 Å². The molecule has 16 heavy (non-hydrogen) atoms. The molecule has 2 rings (SSSR count). The van der Waals surface area contributed by atoms with E-state index in [2.05, 4.69) is 39.0 Å². The zero-order valence-corrected chi connectivity index (χ0v) is 11.0. The van der Waals surface area contributed by atoms with Crippen molar-refractivity contribution in [2.75, 3.05) is 24.6 Å². The average Bonchev–Trinajstić information content (AvgIpc) is 2.80. The van der Waals surface area contributed by atoms with Gasteiger partial charge in [-0.1, -0.05) is 6.07 Å². The van der Waals surface area contributed by atoms with E-state index in [4.69, 9.17) is 5.11 Å². The number of aliphatic hydroxyl groups is 1. The van der Waals surface area contributed by atoms with Crippen molar-refractivity contribution in [1.29, 1.82) is 0 Å². The molecule has 1 heterocycles. The SMILES string of the molecule is OCCCc1ccc(N2CCCC2)c(Br)c1. The van der Waals surface area contributed by atoms with Gasteiger partial charge in [0.05, 0.1) is 5.69 Å². The minimum Gasteiger partial charge on any atom is -0.396 e. The highest BCUT2D eigenvalue weighted by Gasteiger charge is 2.14. The van der Waals surface area contributed by atoms with Crippen LogP contribution in [0.2, 0.25) is 0 Å². The minimum absolute atomic E-state index is 0.269. The molecule has 1 N–H and O–H groups in total. The topological polar surface area (TPSA) is 23.5 Å². The monoisotopic (exact) mass is 283 g/mol. The summed E-state index contributed by atoms with van der Waals surface area (Å²) in [5.74, 6) is 0. The minimum atomic E-state index is 0.269. The van der Waals surface area contributed by atoms with Gasteiger partial charge in [0.15, 0.2) is 0 Å². The second-order valence-electron chi connectivity index (χ2n) is 4.31. The normalized spacial score (nSPS) is 15.8. The van der Waals surface area contributed by atoms with Gasteiger partial charge in [0, 0.05) is 24.2 Å². The highest BCUT2D eigenvalue weighted by Crippen LogP contribution is 2.30. The first kappa shape index (κ1) is 11.9. The highest BCUT2D eigenvalue weighted by atomic mass is 79.9. The second-order valence-corrected chi connectivity index (χ2v) is 5.16. The molecule has 0 unspecified atom stereocenters. The second kappa shape index (κ2) is 5.69. The summed E-state index contributed by atoms with van der Waals surface area (Å²) in [4.78, 5) is 2.43. The summed E-state index contributed by atoms with van der Waals surface area (Å²) in [6.45, 7) is 2.62. The standard InChI is InChI=1S/C13H18BrNO/c14-12-10-11(4-3-9-16)5-6-13(12)15-7-1-2-8-15/h5-6,10,16H,1-4,7-9H2. The molecule has 1 aromatic rings. The van der Waals surface area contributed by atoms with Crippen LogP contribution < -0.4 is 4.90 Å². The molecular formula is C13H18BrNO. The van der Waals surface area contributed by atoms with Crippen molar-refractivity contribution in [1.82, 2.24) is 0 Å². The fourth-order valence-corrected chi connectivity index (χ4v) is 2.88. The lowest BCUT2D eigenvalue weighted by Gasteiger charge is -2.19. The van der Waals surface area contributed by atoms with Gasteiger partial charge in [-0.2, -0.15) is 0 Å². The lowest BCUT2D eigenvalue weighted by atomic mass is 10.1. The zero-order valence-electron chi connectivity index (χ0n) is 9.45. The van der Waals surface area contributed by atoms with Gasteiger partial charge in [0.25, 0.3) is 0 Å². The van der Waals surface area contributed by atoms with E-state index in [1.54, 1.807) is 0 Å². The fraction of sp³-hybridized carbons (Fsp3) is 0.538. The van der Waals surface area contributed by atoms with Crippen molar-refractivity contribution in [3.05, 3.63) is 28.2 Å². The van der Waals surface area contributed by atoms with Gasteiger partial charge < -0.3 is 10.0 Å². The van der Waals surface area contributed by atoms with E-state index in [0.29, 0.717) is 0 Å². The first-order chi connectivity index (χ1) is 7.81. The Morgan fingerprint density at radius 1 is 1.25 bits per heavy atom. The first-order valence-corrected chi connectivity index (χ1v) is 6.75. The van der Waals surface area contributed by atoms with Crippen LogP contribution in [-0.4, -0.2) is 24.8 Å². The van der Waals surface area contributed by atoms with Crippen molar-refractivity contribution in [3.63, 3.8) is 0 Å². The zero-order chi connectivity index (χ0) is 11.4.